The van der Waals surface area contributed by atoms with E-state index in [9.17, 15) is 9.59 Å². The quantitative estimate of drug-likeness (QED) is 0.638. The number of nitrogens with one attached hydrogen (secondary N) is 1. The zero-order chi connectivity index (χ0) is 18.8. The first-order valence-electron chi connectivity index (χ1n) is 8.65. The van der Waals surface area contributed by atoms with Gasteiger partial charge in [0.15, 0.2) is 0 Å². The molecule has 8 nitrogen and oxygen atoms in total. The number of quaternary nitrogens is 1. The Morgan fingerprint density at radius 3 is 2.62 bits per heavy atom. The van der Waals surface area contributed by atoms with E-state index in [2.05, 4.69) is 5.48 Å². The van der Waals surface area contributed by atoms with E-state index in [1.807, 2.05) is 30.3 Å². The summed E-state index contributed by atoms with van der Waals surface area (Å²) in [4.78, 5) is 35.3. The average molecular weight is 365 g/mol. The lowest BCUT2D eigenvalue weighted by Crippen LogP contribution is -2.55. The third-order valence-electron chi connectivity index (χ3n) is 4.09. The second-order valence-electron chi connectivity index (χ2n) is 7.63. The van der Waals surface area contributed by atoms with Gasteiger partial charge in [0.2, 0.25) is 6.73 Å². The van der Waals surface area contributed by atoms with Crippen LogP contribution in [0.3, 0.4) is 0 Å². The Balaban J connectivity index is 1.47. The fourth-order valence-corrected chi connectivity index (χ4v) is 2.77. The van der Waals surface area contributed by atoms with E-state index in [4.69, 9.17) is 19.1 Å². The van der Waals surface area contributed by atoms with Gasteiger partial charge in [-0.05, 0) is 32.8 Å². The number of hydroxylamine groups is 4. The maximum Gasteiger partial charge on any atom is 0.552 e. The molecule has 0 spiro atoms. The number of benzene rings is 1. The summed E-state index contributed by atoms with van der Waals surface area (Å²) in [5.74, 6) is 0.330. The Morgan fingerprint density at radius 2 is 2.00 bits per heavy atom. The van der Waals surface area contributed by atoms with E-state index >= 15 is 0 Å². The number of hydrogen-bond donors (Lipinski definition) is 1. The third-order valence-corrected chi connectivity index (χ3v) is 4.09. The van der Waals surface area contributed by atoms with Crippen molar-refractivity contribution in [3.63, 3.8) is 0 Å². The smallest absolute Gasteiger partial charge is 0.443 e. The van der Waals surface area contributed by atoms with Gasteiger partial charge in [-0.1, -0.05) is 35.0 Å². The van der Waals surface area contributed by atoms with Crippen LogP contribution in [0.1, 0.15) is 32.8 Å². The minimum atomic E-state index is -0.736. The van der Waals surface area contributed by atoms with Gasteiger partial charge < -0.3 is 9.47 Å². The van der Waals surface area contributed by atoms with Crippen molar-refractivity contribution in [2.75, 3.05) is 13.3 Å². The summed E-state index contributed by atoms with van der Waals surface area (Å²) in [5, 5.41) is 0. The Hall–Kier alpha value is -2.16. The molecule has 1 saturated heterocycles. The zero-order valence-electron chi connectivity index (χ0n) is 15.3. The molecule has 8 heteroatoms. The molecule has 3 atom stereocenters. The van der Waals surface area contributed by atoms with Crippen molar-refractivity contribution >= 4 is 12.2 Å². The van der Waals surface area contributed by atoms with Gasteiger partial charge in [-0.2, -0.15) is 15.1 Å². The molecule has 0 aromatic heterocycles. The lowest BCUT2D eigenvalue weighted by atomic mass is 10.2. The lowest BCUT2D eigenvalue weighted by Gasteiger charge is -2.30. The van der Waals surface area contributed by atoms with Gasteiger partial charge in [0, 0.05) is 5.92 Å². The average Bonchev–Trinajstić information content (AvgIpc) is 3.19. The maximum absolute atomic E-state index is 12.5. The summed E-state index contributed by atoms with van der Waals surface area (Å²) in [6.07, 6.45) is -0.268. The highest BCUT2D eigenvalue weighted by Gasteiger charge is 2.63. The molecular weight excluding hydrogens is 340 g/mol. The first kappa shape index (κ1) is 18.6. The number of carbonyl (C=O) groups is 2. The van der Waals surface area contributed by atoms with Gasteiger partial charge in [-0.15, -0.1) is 0 Å². The van der Waals surface area contributed by atoms with Crippen LogP contribution in [0.15, 0.2) is 30.3 Å². The van der Waals surface area contributed by atoms with Crippen LogP contribution in [-0.2, 0) is 25.8 Å². The van der Waals surface area contributed by atoms with Crippen molar-refractivity contribution in [2.45, 2.75) is 45.5 Å². The number of hydrogen-bond acceptors (Lipinski definition) is 6. The molecular formula is C18H25N2O6+. The Morgan fingerprint density at radius 1 is 1.27 bits per heavy atom. The van der Waals surface area contributed by atoms with Crippen LogP contribution in [0.25, 0.3) is 0 Å². The highest BCUT2D eigenvalue weighted by molar-refractivity contribution is 5.65. The molecule has 2 amide bonds. The fraction of sp³-hybridized carbons (Fsp3) is 0.556. The molecule has 3 rings (SSSR count). The van der Waals surface area contributed by atoms with E-state index in [0.717, 1.165) is 12.0 Å². The molecule has 1 aromatic carbocycles. The molecule has 2 aliphatic rings. The number of amides is 2. The molecule has 26 heavy (non-hydrogen) atoms. The van der Waals surface area contributed by atoms with Gasteiger partial charge in [0.25, 0.3) is 0 Å². The number of nitrogens with zero attached hydrogens (tertiary/aromatic N) is 1. The largest absolute Gasteiger partial charge is 0.552 e. The number of rotatable bonds is 5. The molecule has 1 aromatic rings. The molecule has 1 N–H and O–H groups in total. The van der Waals surface area contributed by atoms with Crippen LogP contribution in [0.2, 0.25) is 0 Å². The van der Waals surface area contributed by atoms with Crippen molar-refractivity contribution in [1.82, 2.24) is 5.48 Å². The second-order valence-corrected chi connectivity index (χ2v) is 7.63. The van der Waals surface area contributed by atoms with Gasteiger partial charge in [-0.25, -0.2) is 9.63 Å². The van der Waals surface area contributed by atoms with Gasteiger partial charge in [-0.3, -0.25) is 0 Å². The standard InChI is InChI=1S/C18H24N2O6/c1-18(2,3)25-17(22)20(10-14-9-15(14)26-20)12-24-19-16(21)23-11-13-7-5-4-6-8-13/h4-8,14-15H,9-12H2,1-3H3/p+1. The summed E-state index contributed by atoms with van der Waals surface area (Å²) >= 11 is 0. The number of carbonyl (C=O) groups excluding carboxylic acids is 2. The minimum Gasteiger partial charge on any atom is -0.443 e. The zero-order valence-corrected chi connectivity index (χ0v) is 15.3. The molecule has 3 unspecified atom stereocenters. The molecule has 1 heterocycles. The minimum absolute atomic E-state index is 0.0520. The molecule has 142 valence electrons. The summed E-state index contributed by atoms with van der Waals surface area (Å²) in [6.45, 7) is 5.79. The van der Waals surface area contributed by atoms with Gasteiger partial charge in [0.1, 0.15) is 24.9 Å². The van der Waals surface area contributed by atoms with Crippen LogP contribution < -0.4 is 5.48 Å². The van der Waals surface area contributed by atoms with E-state index < -0.39 is 22.4 Å². The Kier molecular flexibility index (Phi) is 5.17. The molecule has 0 radical (unpaired) electrons. The highest BCUT2D eigenvalue weighted by Crippen LogP contribution is 2.45. The molecule has 1 aliphatic heterocycles. The van der Waals surface area contributed by atoms with Crippen LogP contribution in [0, 0.1) is 5.92 Å². The highest BCUT2D eigenvalue weighted by atomic mass is 16.8. The lowest BCUT2D eigenvalue weighted by molar-refractivity contribution is -1.05. The number of ether oxygens (including phenoxy) is 2. The monoisotopic (exact) mass is 365 g/mol. The molecule has 1 aliphatic carbocycles. The molecule has 2 fully saturated rings. The Labute approximate surface area is 152 Å². The van der Waals surface area contributed by atoms with Crippen molar-refractivity contribution < 1.29 is 33.4 Å². The first-order chi connectivity index (χ1) is 12.3. The summed E-state index contributed by atoms with van der Waals surface area (Å²) in [5.41, 5.74) is 2.41. The van der Waals surface area contributed by atoms with Crippen LogP contribution >= 0.6 is 0 Å². The van der Waals surface area contributed by atoms with E-state index in [1.54, 1.807) is 20.8 Å². The van der Waals surface area contributed by atoms with Crippen LogP contribution in [0.4, 0.5) is 9.59 Å². The maximum atomic E-state index is 12.5. The van der Waals surface area contributed by atoms with Crippen LogP contribution in [0.5, 0.6) is 0 Å². The predicted octanol–water partition coefficient (Wildman–Crippen LogP) is 2.89. The summed E-state index contributed by atoms with van der Waals surface area (Å²) < 4.78 is 10.1. The van der Waals surface area contributed by atoms with Gasteiger partial charge >= 0.3 is 12.2 Å². The van der Waals surface area contributed by atoms with Crippen molar-refractivity contribution in [3.8, 4) is 0 Å². The predicted molar refractivity (Wildman–Crippen MR) is 90.1 cm³/mol. The van der Waals surface area contributed by atoms with Crippen molar-refractivity contribution in [1.29, 1.82) is 0 Å². The van der Waals surface area contributed by atoms with Gasteiger partial charge in [0.05, 0.1) is 0 Å². The molecule has 0 bridgehead atoms. The Bertz CT molecular complexity index is 647. The van der Waals surface area contributed by atoms with Crippen molar-refractivity contribution in [3.05, 3.63) is 35.9 Å². The van der Waals surface area contributed by atoms with E-state index in [-0.39, 0.29) is 19.4 Å². The summed E-state index contributed by atoms with van der Waals surface area (Å²) in [6, 6.07) is 9.30. The topological polar surface area (TPSA) is 83.1 Å². The van der Waals surface area contributed by atoms with Crippen molar-refractivity contribution in [2.24, 2.45) is 5.92 Å². The first-order valence-corrected chi connectivity index (χ1v) is 8.65. The SMILES string of the molecule is CC(C)(C)OC(=O)[N+]1(CONC(=O)OCc2ccccc2)CC2CC2O1. The fourth-order valence-electron chi connectivity index (χ4n) is 2.77. The normalized spacial score (nSPS) is 26.7. The second kappa shape index (κ2) is 7.22. The summed E-state index contributed by atoms with van der Waals surface area (Å²) in [7, 11) is 0. The van der Waals surface area contributed by atoms with Crippen LogP contribution in [-0.4, -0.2) is 41.8 Å². The third kappa shape index (κ3) is 4.72. The van der Waals surface area contributed by atoms with E-state index in [0.29, 0.717) is 12.5 Å². The molecule has 1 saturated carbocycles. The number of fused-ring (bicyclic) bond motifs is 1. The van der Waals surface area contributed by atoms with E-state index in [1.165, 1.54) is 0 Å².